The van der Waals surface area contributed by atoms with E-state index in [2.05, 4.69) is 39.1 Å². The largest absolute Gasteiger partial charge is 0.507 e. The number of rotatable bonds is 20. The van der Waals surface area contributed by atoms with Gasteiger partial charge in [0.25, 0.3) is 0 Å². The fraction of sp³-hybridized carbons (Fsp3) is 0.788. The van der Waals surface area contributed by atoms with Crippen LogP contribution in [-0.4, -0.2) is 17.6 Å². The van der Waals surface area contributed by atoms with Crippen molar-refractivity contribution >= 4 is 5.91 Å². The van der Waals surface area contributed by atoms with Crippen molar-refractivity contribution in [2.24, 2.45) is 0 Å². The molecule has 0 aromatic heterocycles. The van der Waals surface area contributed by atoms with Gasteiger partial charge in [-0.15, -0.1) is 0 Å². The van der Waals surface area contributed by atoms with Crippen LogP contribution in [0.15, 0.2) is 6.07 Å². The molecule has 0 heterocycles. The molecule has 2 N–H and O–H groups in total. The number of aromatic hydroxyl groups is 1. The molecule has 0 aliphatic rings. The van der Waals surface area contributed by atoms with Crippen LogP contribution in [0.3, 0.4) is 0 Å². The van der Waals surface area contributed by atoms with Crippen molar-refractivity contribution in [3.8, 4) is 5.75 Å². The molecule has 0 fully saturated rings. The predicted molar refractivity (Wildman–Crippen MR) is 157 cm³/mol. The first-order valence-corrected chi connectivity index (χ1v) is 15.3. The van der Waals surface area contributed by atoms with E-state index in [0.29, 0.717) is 12.2 Å². The van der Waals surface area contributed by atoms with Crippen LogP contribution in [0.1, 0.15) is 159 Å². The smallest absolute Gasteiger partial charge is 0.220 e. The quantitative estimate of drug-likeness (QED) is 0.175. The van der Waals surface area contributed by atoms with Crippen molar-refractivity contribution in [1.29, 1.82) is 0 Å². The van der Waals surface area contributed by atoms with Gasteiger partial charge in [-0.05, 0) is 54.4 Å². The Balaban J connectivity index is 2.04. The van der Waals surface area contributed by atoms with Crippen LogP contribution in [0.25, 0.3) is 0 Å². The van der Waals surface area contributed by atoms with Crippen molar-refractivity contribution < 1.29 is 9.90 Å². The standard InChI is InChI=1S/C33H59NO2/c1-7-8-9-10-11-12-13-14-15-16-17-18-19-20-21-22-25-34-31(35)24-23-29-26-30(33(4,5)6)32(36)28(3)27(29)2/h26,36H,7-25H2,1-6H3,(H,34,35). The Hall–Kier alpha value is -1.51. The Bertz CT molecular complexity index is 732. The van der Waals surface area contributed by atoms with E-state index >= 15 is 0 Å². The molecule has 1 aromatic rings. The number of phenols is 1. The highest BCUT2D eigenvalue weighted by Gasteiger charge is 2.22. The van der Waals surface area contributed by atoms with Gasteiger partial charge in [0.05, 0.1) is 0 Å². The third kappa shape index (κ3) is 13.7. The third-order valence-corrected chi connectivity index (χ3v) is 7.75. The number of aryl methyl sites for hydroxylation is 1. The number of phenolic OH excluding ortho intramolecular Hbond substituents is 1. The number of hydrogen-bond donors (Lipinski definition) is 2. The molecule has 3 heteroatoms. The SMILES string of the molecule is CCCCCCCCCCCCCCCCCCNC(=O)CCc1cc(C(C)(C)C)c(O)c(C)c1C. The van der Waals surface area contributed by atoms with E-state index in [9.17, 15) is 9.90 Å². The lowest BCUT2D eigenvalue weighted by Gasteiger charge is -2.24. The maximum atomic E-state index is 12.4. The van der Waals surface area contributed by atoms with Crippen LogP contribution in [0.5, 0.6) is 5.75 Å². The molecule has 0 saturated heterocycles. The van der Waals surface area contributed by atoms with Crippen LogP contribution >= 0.6 is 0 Å². The summed E-state index contributed by atoms with van der Waals surface area (Å²) in [5.74, 6) is 0.537. The van der Waals surface area contributed by atoms with E-state index in [-0.39, 0.29) is 11.3 Å². The molecule has 1 rings (SSSR count). The molecular formula is C33H59NO2. The summed E-state index contributed by atoms with van der Waals surface area (Å²) in [4.78, 5) is 12.4. The summed E-state index contributed by atoms with van der Waals surface area (Å²) < 4.78 is 0. The monoisotopic (exact) mass is 501 g/mol. The molecule has 0 aliphatic heterocycles. The summed E-state index contributed by atoms with van der Waals surface area (Å²) in [7, 11) is 0. The lowest BCUT2D eigenvalue weighted by molar-refractivity contribution is -0.121. The summed E-state index contributed by atoms with van der Waals surface area (Å²) in [6.07, 6.45) is 23.1. The molecule has 0 radical (unpaired) electrons. The molecule has 0 unspecified atom stereocenters. The van der Waals surface area contributed by atoms with Gasteiger partial charge in [-0.25, -0.2) is 0 Å². The van der Waals surface area contributed by atoms with Crippen molar-refractivity contribution in [2.75, 3.05) is 6.54 Å². The van der Waals surface area contributed by atoms with Crippen molar-refractivity contribution in [3.05, 3.63) is 28.3 Å². The van der Waals surface area contributed by atoms with E-state index < -0.39 is 0 Å². The highest BCUT2D eigenvalue weighted by molar-refractivity contribution is 5.76. The predicted octanol–water partition coefficient (Wildman–Crippen LogP) is 9.62. The number of carbonyl (C=O) groups excluding carboxylic acids is 1. The van der Waals surface area contributed by atoms with Gasteiger partial charge in [-0.2, -0.15) is 0 Å². The van der Waals surface area contributed by atoms with E-state index in [1.165, 1.54) is 102 Å². The van der Waals surface area contributed by atoms with Crippen molar-refractivity contribution in [1.82, 2.24) is 5.32 Å². The number of amides is 1. The Labute approximate surface area is 224 Å². The minimum absolute atomic E-state index is 0.118. The third-order valence-electron chi connectivity index (χ3n) is 7.75. The second kappa shape index (κ2) is 18.7. The van der Waals surface area contributed by atoms with Crippen LogP contribution in [-0.2, 0) is 16.6 Å². The molecule has 0 saturated carbocycles. The fourth-order valence-corrected chi connectivity index (χ4v) is 5.04. The molecule has 0 atom stereocenters. The highest BCUT2D eigenvalue weighted by atomic mass is 16.3. The summed E-state index contributed by atoms with van der Waals surface area (Å²) in [6, 6.07) is 2.10. The van der Waals surface area contributed by atoms with E-state index in [1.54, 1.807) is 0 Å². The summed E-state index contributed by atoms with van der Waals surface area (Å²) in [5, 5.41) is 13.7. The zero-order chi connectivity index (χ0) is 26.8. The number of unbranched alkanes of at least 4 members (excludes halogenated alkanes) is 15. The van der Waals surface area contributed by atoms with E-state index in [4.69, 9.17) is 0 Å². The van der Waals surface area contributed by atoms with Crippen LogP contribution in [0, 0.1) is 13.8 Å². The fourth-order valence-electron chi connectivity index (χ4n) is 5.04. The maximum absolute atomic E-state index is 12.4. The second-order valence-corrected chi connectivity index (χ2v) is 12.1. The first kappa shape index (κ1) is 32.5. The maximum Gasteiger partial charge on any atom is 0.220 e. The van der Waals surface area contributed by atoms with Gasteiger partial charge in [0.2, 0.25) is 5.91 Å². The Morgan fingerprint density at radius 1 is 0.750 bits per heavy atom. The Morgan fingerprint density at radius 2 is 1.19 bits per heavy atom. The lowest BCUT2D eigenvalue weighted by Crippen LogP contribution is -2.24. The molecule has 3 nitrogen and oxygen atoms in total. The first-order chi connectivity index (χ1) is 17.2. The van der Waals surface area contributed by atoms with Crippen LogP contribution in [0.2, 0.25) is 0 Å². The number of carbonyl (C=O) groups is 1. The molecule has 36 heavy (non-hydrogen) atoms. The van der Waals surface area contributed by atoms with Crippen LogP contribution in [0.4, 0.5) is 0 Å². The van der Waals surface area contributed by atoms with Gasteiger partial charge >= 0.3 is 0 Å². The molecule has 1 aromatic carbocycles. The van der Waals surface area contributed by atoms with E-state index in [0.717, 1.165) is 36.1 Å². The Morgan fingerprint density at radius 3 is 1.64 bits per heavy atom. The average molecular weight is 502 g/mol. The van der Waals surface area contributed by atoms with Gasteiger partial charge in [0.15, 0.2) is 0 Å². The molecule has 0 bridgehead atoms. The van der Waals surface area contributed by atoms with E-state index in [1.807, 2.05) is 13.8 Å². The zero-order valence-corrected chi connectivity index (χ0v) is 24.9. The van der Waals surface area contributed by atoms with Crippen LogP contribution < -0.4 is 5.32 Å². The topological polar surface area (TPSA) is 49.3 Å². The summed E-state index contributed by atoms with van der Waals surface area (Å²) in [5.41, 5.74) is 4.06. The van der Waals surface area contributed by atoms with Gasteiger partial charge < -0.3 is 10.4 Å². The van der Waals surface area contributed by atoms with Crippen molar-refractivity contribution in [2.45, 2.75) is 163 Å². The highest BCUT2D eigenvalue weighted by Crippen LogP contribution is 2.36. The molecule has 208 valence electrons. The van der Waals surface area contributed by atoms with Gasteiger partial charge in [0, 0.05) is 13.0 Å². The zero-order valence-electron chi connectivity index (χ0n) is 24.9. The van der Waals surface area contributed by atoms with Gasteiger partial charge in [0.1, 0.15) is 5.75 Å². The normalized spacial score (nSPS) is 11.7. The number of nitrogens with one attached hydrogen (secondary N) is 1. The molecule has 1 amide bonds. The second-order valence-electron chi connectivity index (χ2n) is 12.1. The van der Waals surface area contributed by atoms with Gasteiger partial charge in [-0.3, -0.25) is 4.79 Å². The number of hydrogen-bond acceptors (Lipinski definition) is 2. The molecule has 0 spiro atoms. The molecule has 0 aliphatic carbocycles. The summed E-state index contributed by atoms with van der Waals surface area (Å²) >= 11 is 0. The first-order valence-electron chi connectivity index (χ1n) is 15.3. The lowest BCUT2D eigenvalue weighted by atomic mass is 9.82. The molecular weight excluding hydrogens is 442 g/mol. The average Bonchev–Trinajstić information content (AvgIpc) is 2.83. The summed E-state index contributed by atoms with van der Waals surface area (Å²) in [6.45, 7) is 13.4. The minimum Gasteiger partial charge on any atom is -0.507 e. The number of benzene rings is 1. The van der Waals surface area contributed by atoms with Crippen molar-refractivity contribution in [3.63, 3.8) is 0 Å². The van der Waals surface area contributed by atoms with Gasteiger partial charge in [-0.1, -0.05) is 130 Å². The Kier molecular flexibility index (Phi) is 16.9. The minimum atomic E-state index is -0.118.